The van der Waals surface area contributed by atoms with Crippen LogP contribution in [0.1, 0.15) is 18.9 Å². The molecule has 18 heavy (non-hydrogen) atoms. The summed E-state index contributed by atoms with van der Waals surface area (Å²) in [7, 11) is 0. The normalized spacial score (nSPS) is 15.8. The van der Waals surface area contributed by atoms with Crippen LogP contribution in [0.4, 0.5) is 4.39 Å². The first kappa shape index (κ1) is 15.1. The molecule has 100 valence electrons. The fraction of sp³-hybridized carbons (Fsp3) is 0.462. The lowest BCUT2D eigenvalue weighted by Gasteiger charge is -2.22. The van der Waals surface area contributed by atoms with E-state index in [0.29, 0.717) is 6.42 Å². The van der Waals surface area contributed by atoms with Gasteiger partial charge in [-0.05, 0) is 41.3 Å². The number of carbonyl (C=O) groups is 1. The highest BCUT2D eigenvalue weighted by atomic mass is 79.9. The number of halogens is 2. The highest BCUT2D eigenvalue weighted by Crippen LogP contribution is 2.29. The Hall–Kier alpha value is -0.940. The smallest absolute Gasteiger partial charge is 0.357 e. The highest BCUT2D eigenvalue weighted by Gasteiger charge is 2.44. The lowest BCUT2D eigenvalue weighted by molar-refractivity contribution is -0.156. The van der Waals surface area contributed by atoms with Gasteiger partial charge in [-0.25, -0.2) is 9.18 Å². The average Bonchev–Trinajstić information content (AvgIpc) is 2.37. The zero-order chi connectivity index (χ0) is 13.6. The topological polar surface area (TPSA) is 46.5 Å². The van der Waals surface area contributed by atoms with E-state index in [0.717, 1.165) is 5.56 Å². The van der Waals surface area contributed by atoms with Crippen molar-refractivity contribution in [2.45, 2.75) is 30.4 Å². The van der Waals surface area contributed by atoms with Gasteiger partial charge in [-0.3, -0.25) is 0 Å². The van der Waals surface area contributed by atoms with E-state index in [1.807, 2.05) is 30.3 Å². The summed E-state index contributed by atoms with van der Waals surface area (Å²) in [5.41, 5.74) is 0.976. The molecule has 1 aromatic rings. The van der Waals surface area contributed by atoms with E-state index < -0.39 is 16.7 Å². The molecule has 1 aromatic carbocycles. The summed E-state index contributed by atoms with van der Waals surface area (Å²) in [4.78, 5) is 11.3. The number of ether oxygens (including phenoxy) is 1. The van der Waals surface area contributed by atoms with Crippen LogP contribution in [0.5, 0.6) is 0 Å². The first-order chi connectivity index (χ1) is 8.48. The molecule has 0 spiro atoms. The Labute approximate surface area is 114 Å². The lowest BCUT2D eigenvalue weighted by atomic mass is 10.0. The van der Waals surface area contributed by atoms with Crippen LogP contribution in [0.2, 0.25) is 0 Å². The van der Waals surface area contributed by atoms with Crippen LogP contribution in [0.15, 0.2) is 30.3 Å². The average molecular weight is 319 g/mol. The van der Waals surface area contributed by atoms with E-state index in [1.54, 1.807) is 6.92 Å². The van der Waals surface area contributed by atoms with Crippen LogP contribution >= 0.6 is 15.9 Å². The molecule has 0 saturated carbocycles. The van der Waals surface area contributed by atoms with Crippen molar-refractivity contribution in [3.05, 3.63) is 35.9 Å². The zero-order valence-electron chi connectivity index (χ0n) is 10.1. The molecule has 0 bridgehead atoms. The van der Waals surface area contributed by atoms with Gasteiger partial charge in [0.2, 0.25) is 0 Å². The van der Waals surface area contributed by atoms with E-state index in [1.165, 1.54) is 0 Å². The van der Waals surface area contributed by atoms with Crippen molar-refractivity contribution < 1.29 is 19.0 Å². The molecule has 2 atom stereocenters. The van der Waals surface area contributed by atoms with Crippen molar-refractivity contribution in [3.8, 4) is 0 Å². The SMILES string of the molecule is CCOC(=O)[C@](F)(Br)[C@@H](O)CCc1ccccc1. The van der Waals surface area contributed by atoms with Crippen molar-refractivity contribution in [1.82, 2.24) is 0 Å². The molecular formula is C13H16BrFO3. The monoisotopic (exact) mass is 318 g/mol. The number of carbonyl (C=O) groups excluding carboxylic acids is 1. The minimum Gasteiger partial charge on any atom is -0.463 e. The van der Waals surface area contributed by atoms with Gasteiger partial charge in [0.15, 0.2) is 0 Å². The molecule has 0 unspecified atom stereocenters. The third-order valence-corrected chi connectivity index (χ3v) is 3.37. The summed E-state index contributed by atoms with van der Waals surface area (Å²) >= 11 is 2.60. The van der Waals surface area contributed by atoms with Gasteiger partial charge >= 0.3 is 5.97 Å². The van der Waals surface area contributed by atoms with Gasteiger partial charge in [-0.15, -0.1) is 0 Å². The molecule has 3 nitrogen and oxygen atoms in total. The standard InChI is InChI=1S/C13H16BrFO3/c1-2-18-12(17)13(14,15)11(16)9-8-10-6-4-3-5-7-10/h3-7,11,16H,2,8-9H2,1H3/t11-,13-/m0/s1. The number of alkyl halides is 2. The number of benzene rings is 1. The number of rotatable bonds is 6. The molecule has 0 amide bonds. The molecule has 1 N–H and O–H groups in total. The summed E-state index contributed by atoms with van der Waals surface area (Å²) in [6, 6.07) is 9.37. The molecular weight excluding hydrogens is 303 g/mol. The zero-order valence-corrected chi connectivity index (χ0v) is 11.7. The van der Waals surface area contributed by atoms with Gasteiger partial charge in [0.05, 0.1) is 6.61 Å². The van der Waals surface area contributed by atoms with Crippen LogP contribution in [-0.4, -0.2) is 28.4 Å². The molecule has 0 saturated heterocycles. The van der Waals surface area contributed by atoms with E-state index in [2.05, 4.69) is 20.7 Å². The minimum absolute atomic E-state index is 0.0709. The Balaban J connectivity index is 2.54. The highest BCUT2D eigenvalue weighted by molar-refractivity contribution is 9.10. The fourth-order valence-electron chi connectivity index (χ4n) is 1.49. The van der Waals surface area contributed by atoms with Gasteiger partial charge in [0, 0.05) is 0 Å². The maximum absolute atomic E-state index is 14.0. The molecule has 0 radical (unpaired) electrons. The molecule has 0 aliphatic rings. The van der Waals surface area contributed by atoms with Crippen molar-refractivity contribution >= 4 is 21.9 Å². The number of aliphatic hydroxyl groups excluding tert-OH is 1. The van der Waals surface area contributed by atoms with Gasteiger partial charge in [0.25, 0.3) is 4.58 Å². The number of hydrogen-bond acceptors (Lipinski definition) is 3. The second kappa shape index (κ2) is 6.85. The molecule has 0 aliphatic heterocycles. The Morgan fingerprint density at radius 1 is 1.50 bits per heavy atom. The lowest BCUT2D eigenvalue weighted by Crippen LogP contribution is -2.41. The summed E-state index contributed by atoms with van der Waals surface area (Å²) in [5.74, 6) is -1.09. The van der Waals surface area contributed by atoms with E-state index in [9.17, 15) is 14.3 Å². The van der Waals surface area contributed by atoms with Gasteiger partial charge in [-0.2, -0.15) is 0 Å². The van der Waals surface area contributed by atoms with Crippen molar-refractivity contribution in [2.24, 2.45) is 0 Å². The third-order valence-electron chi connectivity index (χ3n) is 2.52. The second-order valence-electron chi connectivity index (χ2n) is 3.88. The Morgan fingerprint density at radius 2 is 2.11 bits per heavy atom. The summed E-state index contributed by atoms with van der Waals surface area (Å²) in [6.07, 6.45) is -0.833. The quantitative estimate of drug-likeness (QED) is 0.648. The third kappa shape index (κ3) is 4.07. The second-order valence-corrected chi connectivity index (χ2v) is 5.04. The van der Waals surface area contributed by atoms with Crippen LogP contribution in [0, 0.1) is 0 Å². The Bertz CT molecular complexity index is 381. The van der Waals surface area contributed by atoms with Crippen LogP contribution in [0.3, 0.4) is 0 Å². The molecule has 0 fully saturated rings. The summed E-state index contributed by atoms with van der Waals surface area (Å²) < 4.78 is 16.0. The molecule has 5 heteroatoms. The van der Waals surface area contributed by atoms with Gasteiger partial charge in [-0.1, -0.05) is 30.3 Å². The van der Waals surface area contributed by atoms with E-state index in [4.69, 9.17) is 0 Å². The minimum atomic E-state index is -2.54. The molecule has 0 aromatic heterocycles. The predicted octanol–water partition coefficient (Wildman–Crippen LogP) is 2.60. The first-order valence-corrected chi connectivity index (χ1v) is 6.54. The van der Waals surface area contributed by atoms with Crippen molar-refractivity contribution in [3.63, 3.8) is 0 Å². The van der Waals surface area contributed by atoms with Crippen molar-refractivity contribution in [2.75, 3.05) is 6.61 Å². The van der Waals surface area contributed by atoms with Gasteiger partial charge in [0.1, 0.15) is 6.10 Å². The number of aryl methyl sites for hydroxylation is 1. The summed E-state index contributed by atoms with van der Waals surface area (Å²) in [6.45, 7) is 1.65. The Morgan fingerprint density at radius 3 is 2.67 bits per heavy atom. The number of hydrogen-bond donors (Lipinski definition) is 1. The van der Waals surface area contributed by atoms with Crippen molar-refractivity contribution in [1.29, 1.82) is 0 Å². The number of aliphatic hydroxyl groups is 1. The maximum atomic E-state index is 14.0. The van der Waals surface area contributed by atoms with Crippen LogP contribution in [-0.2, 0) is 16.0 Å². The van der Waals surface area contributed by atoms with Gasteiger partial charge < -0.3 is 9.84 Å². The predicted molar refractivity (Wildman–Crippen MR) is 70.2 cm³/mol. The first-order valence-electron chi connectivity index (χ1n) is 5.75. The van der Waals surface area contributed by atoms with Crippen LogP contribution in [0.25, 0.3) is 0 Å². The Kier molecular flexibility index (Phi) is 5.75. The fourth-order valence-corrected chi connectivity index (χ4v) is 1.84. The van der Waals surface area contributed by atoms with Crippen LogP contribution < -0.4 is 0 Å². The molecule has 0 aliphatic carbocycles. The van der Waals surface area contributed by atoms with E-state index >= 15 is 0 Å². The number of esters is 1. The molecule has 0 heterocycles. The van der Waals surface area contributed by atoms with E-state index in [-0.39, 0.29) is 13.0 Å². The molecule has 1 rings (SSSR count). The maximum Gasteiger partial charge on any atom is 0.357 e. The largest absolute Gasteiger partial charge is 0.463 e. The summed E-state index contributed by atoms with van der Waals surface area (Å²) in [5, 5.41) is 9.71.